The van der Waals surface area contributed by atoms with Gasteiger partial charge in [-0.15, -0.1) is 0 Å². The first kappa shape index (κ1) is 10.1. The van der Waals surface area contributed by atoms with Crippen molar-refractivity contribution in [1.82, 2.24) is 0 Å². The lowest BCUT2D eigenvalue weighted by atomic mass is 10.0. The zero-order chi connectivity index (χ0) is 11.4. The molecule has 2 nitrogen and oxygen atoms in total. The van der Waals surface area contributed by atoms with Crippen LogP contribution < -0.4 is 5.39 Å². The lowest BCUT2D eigenvalue weighted by Gasteiger charge is -2.00. The standard InChI is InChI=1S/C14H10.N2/c1-2-6-12-10-14-8-4-3-7-13(14)9-11(12)5-1;1-2/h1-10H;/p+1. The number of nitrogens with one attached hydrogen (secondary N) is 1. The van der Waals surface area contributed by atoms with Crippen molar-refractivity contribution in [2.75, 3.05) is 0 Å². The van der Waals surface area contributed by atoms with E-state index < -0.39 is 0 Å². The van der Waals surface area contributed by atoms with Crippen molar-refractivity contribution in [3.63, 3.8) is 0 Å². The van der Waals surface area contributed by atoms with E-state index >= 15 is 0 Å². The van der Waals surface area contributed by atoms with Gasteiger partial charge in [0.05, 0.1) is 5.39 Å². The molecule has 0 saturated heterocycles. The molecule has 0 spiro atoms. The largest absolute Gasteiger partial charge is 0.212 e. The van der Waals surface area contributed by atoms with Gasteiger partial charge in [-0.05, 0) is 33.7 Å². The van der Waals surface area contributed by atoms with E-state index in [-0.39, 0.29) is 0 Å². The fourth-order valence-corrected chi connectivity index (χ4v) is 1.88. The molecule has 2 heteroatoms. The summed E-state index contributed by atoms with van der Waals surface area (Å²) < 4.78 is 0. The van der Waals surface area contributed by atoms with Crippen LogP contribution in [0.1, 0.15) is 0 Å². The van der Waals surface area contributed by atoms with Crippen LogP contribution in [-0.2, 0) is 0 Å². The summed E-state index contributed by atoms with van der Waals surface area (Å²) >= 11 is 0. The van der Waals surface area contributed by atoms with E-state index in [2.05, 4.69) is 60.7 Å². The van der Waals surface area contributed by atoms with Crippen molar-refractivity contribution in [3.05, 3.63) is 60.7 Å². The Morgan fingerprint density at radius 1 is 0.562 bits per heavy atom. The number of diazo groups is 1. The normalized spacial score (nSPS) is 9.62. The number of fused-ring (bicyclic) bond motifs is 2. The Kier molecular flexibility index (Phi) is 2.79. The molecular weight excluding hydrogens is 196 g/mol. The zero-order valence-corrected chi connectivity index (χ0v) is 8.72. The summed E-state index contributed by atoms with van der Waals surface area (Å²) in [6.45, 7) is 0. The van der Waals surface area contributed by atoms with Gasteiger partial charge in [0.25, 0.3) is 0 Å². The van der Waals surface area contributed by atoms with Crippen molar-refractivity contribution in [3.8, 4) is 0 Å². The van der Waals surface area contributed by atoms with Crippen molar-refractivity contribution < 1.29 is 5.39 Å². The fraction of sp³-hybridized carbons (Fsp3) is 0. The Morgan fingerprint density at radius 2 is 0.812 bits per heavy atom. The van der Waals surface area contributed by atoms with E-state index in [1.54, 1.807) is 0 Å². The third kappa shape index (κ3) is 1.71. The van der Waals surface area contributed by atoms with E-state index in [0.29, 0.717) is 0 Å². The highest BCUT2D eigenvalue weighted by Gasteiger charge is 1.95. The average Bonchev–Trinajstić information content (AvgIpc) is 2.38. The Hall–Kier alpha value is -2.40. The maximum absolute atomic E-state index is 6.25. The smallest absolute Gasteiger partial charge is 0.0616 e. The van der Waals surface area contributed by atoms with Crippen molar-refractivity contribution in [2.24, 2.45) is 0 Å². The molecule has 0 fully saturated rings. The highest BCUT2D eigenvalue weighted by atomic mass is 14.6. The summed E-state index contributed by atoms with van der Waals surface area (Å²) in [5.74, 6) is 0. The van der Waals surface area contributed by atoms with Crippen LogP contribution in [0.2, 0.25) is 0 Å². The van der Waals surface area contributed by atoms with Gasteiger partial charge in [0, 0.05) is 0 Å². The molecule has 0 aliphatic carbocycles. The molecule has 0 aliphatic rings. The second-order valence-corrected chi connectivity index (χ2v) is 3.55. The van der Waals surface area contributed by atoms with Crippen LogP contribution in [0.5, 0.6) is 0 Å². The van der Waals surface area contributed by atoms with E-state index in [1.165, 1.54) is 21.5 Å². The van der Waals surface area contributed by atoms with Gasteiger partial charge in [-0.2, -0.15) is 0 Å². The molecule has 16 heavy (non-hydrogen) atoms. The van der Waals surface area contributed by atoms with E-state index in [9.17, 15) is 0 Å². The maximum Gasteiger partial charge on any atom is 0.212 e. The molecule has 0 saturated carbocycles. The molecule has 0 amide bonds. The zero-order valence-electron chi connectivity index (χ0n) is 8.72. The van der Waals surface area contributed by atoms with Gasteiger partial charge in [0.15, 0.2) is 0 Å². The van der Waals surface area contributed by atoms with Crippen molar-refractivity contribution >= 4 is 21.5 Å². The third-order valence-electron chi connectivity index (χ3n) is 2.61. The Bertz CT molecular complexity index is 536. The molecule has 0 aromatic heterocycles. The molecule has 0 aliphatic heterocycles. The van der Waals surface area contributed by atoms with Gasteiger partial charge < -0.3 is 0 Å². The molecule has 0 unspecified atom stereocenters. The average molecular weight is 207 g/mol. The quantitative estimate of drug-likeness (QED) is 0.446. The highest BCUT2D eigenvalue weighted by molar-refractivity contribution is 5.97. The summed E-state index contributed by atoms with van der Waals surface area (Å²) in [7, 11) is 0. The fourth-order valence-electron chi connectivity index (χ4n) is 1.88. The molecule has 3 rings (SSSR count). The van der Waals surface area contributed by atoms with E-state index in [4.69, 9.17) is 10.8 Å². The molecule has 3 aromatic rings. The van der Waals surface area contributed by atoms with Gasteiger partial charge in [0.1, 0.15) is 0 Å². The lowest BCUT2D eigenvalue weighted by Crippen LogP contribution is -2.11. The first-order valence-corrected chi connectivity index (χ1v) is 5.03. The van der Waals surface area contributed by atoms with Crippen molar-refractivity contribution in [1.29, 1.82) is 5.39 Å². The van der Waals surface area contributed by atoms with Gasteiger partial charge >= 0.3 is 0 Å². The molecule has 1 N–H and O–H groups in total. The third-order valence-corrected chi connectivity index (χ3v) is 2.61. The predicted molar refractivity (Wildman–Crippen MR) is 64.1 cm³/mol. The molecule has 76 valence electrons. The van der Waals surface area contributed by atoms with Gasteiger partial charge in [-0.1, -0.05) is 48.5 Å². The van der Waals surface area contributed by atoms with Crippen LogP contribution in [0, 0.1) is 5.39 Å². The topological polar surface area (TPSA) is 47.6 Å². The molecule has 0 radical (unpaired) electrons. The summed E-state index contributed by atoms with van der Waals surface area (Å²) in [5.41, 5.74) is 0. The Balaban J connectivity index is 0.000000457. The van der Waals surface area contributed by atoms with Gasteiger partial charge in [0.2, 0.25) is 5.39 Å². The van der Waals surface area contributed by atoms with Crippen LogP contribution in [-0.4, -0.2) is 0 Å². The summed E-state index contributed by atoms with van der Waals surface area (Å²) in [6.07, 6.45) is 0. The molecular formula is C14H11N2+. The first-order valence-electron chi connectivity index (χ1n) is 5.03. The summed E-state index contributed by atoms with van der Waals surface area (Å²) in [5, 5.41) is 16.2. The molecule has 3 aromatic carbocycles. The van der Waals surface area contributed by atoms with Crippen LogP contribution in [0.25, 0.3) is 21.5 Å². The minimum absolute atomic E-state index is 1.31. The van der Waals surface area contributed by atoms with E-state index in [1.807, 2.05) is 0 Å². The molecule has 0 bridgehead atoms. The summed E-state index contributed by atoms with van der Waals surface area (Å²) in [4.78, 5) is 0. The first-order chi connectivity index (χ1) is 7.93. The second kappa shape index (κ2) is 4.41. The Morgan fingerprint density at radius 3 is 1.06 bits per heavy atom. The van der Waals surface area contributed by atoms with Crippen molar-refractivity contribution in [2.45, 2.75) is 0 Å². The van der Waals surface area contributed by atoms with Crippen LogP contribution >= 0.6 is 0 Å². The number of hydrogen-bond donors (Lipinski definition) is 1. The van der Waals surface area contributed by atoms with Crippen LogP contribution in [0.4, 0.5) is 0 Å². The van der Waals surface area contributed by atoms with Gasteiger partial charge in [-0.25, -0.2) is 0 Å². The van der Waals surface area contributed by atoms with E-state index in [0.717, 1.165) is 0 Å². The SMILES string of the molecule is N#[NH+].c1ccc2cc3ccccc3cc2c1. The number of benzene rings is 3. The predicted octanol–water partition coefficient (Wildman–Crippen LogP) is 2.27. The summed E-state index contributed by atoms with van der Waals surface area (Å²) in [6, 6.07) is 21.4. The number of nitrogens with zero attached hydrogens (tertiary/aromatic N) is 1. The monoisotopic (exact) mass is 207 g/mol. The van der Waals surface area contributed by atoms with Crippen LogP contribution in [0.15, 0.2) is 60.7 Å². The highest BCUT2D eigenvalue weighted by Crippen LogP contribution is 2.21. The molecule has 0 atom stereocenters. The lowest BCUT2D eigenvalue weighted by molar-refractivity contribution is -0.175. The maximum atomic E-state index is 6.25. The minimum Gasteiger partial charge on any atom is -0.0616 e. The van der Waals surface area contributed by atoms with Gasteiger partial charge in [-0.3, -0.25) is 0 Å². The Labute approximate surface area is 93.6 Å². The van der Waals surface area contributed by atoms with Crippen LogP contribution in [0.3, 0.4) is 0 Å². The number of hydrogen-bond acceptors (Lipinski definition) is 1. The molecule has 0 heterocycles. The number of rotatable bonds is 0. The second-order valence-electron chi connectivity index (χ2n) is 3.55. The minimum atomic E-state index is 1.31.